The molecular formula is C12H12ClNO4. The minimum Gasteiger partial charge on any atom is -0.479 e. The molecule has 0 aromatic heterocycles. The predicted molar refractivity (Wildman–Crippen MR) is 66.5 cm³/mol. The summed E-state index contributed by atoms with van der Waals surface area (Å²) in [7, 11) is 0. The number of hydrogen-bond donors (Lipinski definition) is 2. The number of aliphatic carboxylic acids is 1. The van der Waals surface area contributed by atoms with Gasteiger partial charge in [-0.25, -0.2) is 9.59 Å². The summed E-state index contributed by atoms with van der Waals surface area (Å²) < 4.78 is 4.66. The first-order chi connectivity index (χ1) is 8.56. The van der Waals surface area contributed by atoms with Crippen LogP contribution in [-0.2, 0) is 9.53 Å². The summed E-state index contributed by atoms with van der Waals surface area (Å²) in [5.41, 5.74) is 0.294. The second-order valence-corrected chi connectivity index (χ2v) is 3.73. The maximum absolute atomic E-state index is 11.3. The maximum Gasteiger partial charge on any atom is 0.408 e. The average Bonchev–Trinajstić information content (AvgIpc) is 2.34. The van der Waals surface area contributed by atoms with E-state index in [0.29, 0.717) is 5.56 Å². The highest BCUT2D eigenvalue weighted by atomic mass is 35.5. The molecule has 0 saturated carbocycles. The van der Waals surface area contributed by atoms with E-state index in [0.717, 1.165) is 0 Å². The zero-order valence-corrected chi connectivity index (χ0v) is 10.2. The lowest BCUT2D eigenvalue weighted by Crippen LogP contribution is -2.34. The summed E-state index contributed by atoms with van der Waals surface area (Å²) in [6.45, 7) is 3.38. The molecule has 1 rings (SSSR count). The highest BCUT2D eigenvalue weighted by Crippen LogP contribution is 2.22. The summed E-state index contributed by atoms with van der Waals surface area (Å²) in [6.07, 6.45) is 0.535. The number of rotatable bonds is 5. The first kappa shape index (κ1) is 14.1. The third kappa shape index (κ3) is 3.78. The van der Waals surface area contributed by atoms with Gasteiger partial charge in [0.2, 0.25) is 0 Å². The first-order valence-electron chi connectivity index (χ1n) is 5.07. The van der Waals surface area contributed by atoms with Gasteiger partial charge in [0.1, 0.15) is 6.61 Å². The van der Waals surface area contributed by atoms with Crippen LogP contribution in [0.3, 0.4) is 0 Å². The third-order valence-electron chi connectivity index (χ3n) is 2.06. The van der Waals surface area contributed by atoms with Crippen LogP contribution in [0.2, 0.25) is 5.02 Å². The van der Waals surface area contributed by atoms with Crippen molar-refractivity contribution in [3.8, 4) is 0 Å². The molecule has 1 aromatic rings. The Morgan fingerprint density at radius 1 is 1.50 bits per heavy atom. The van der Waals surface area contributed by atoms with Crippen LogP contribution in [0.4, 0.5) is 4.79 Å². The maximum atomic E-state index is 11.3. The van der Waals surface area contributed by atoms with Gasteiger partial charge in [0, 0.05) is 10.6 Å². The Morgan fingerprint density at radius 3 is 2.72 bits per heavy atom. The summed E-state index contributed by atoms with van der Waals surface area (Å²) in [5.74, 6) is -1.22. The second-order valence-electron chi connectivity index (χ2n) is 3.32. The molecule has 0 radical (unpaired) electrons. The van der Waals surface area contributed by atoms with Crippen LogP contribution in [0.15, 0.2) is 36.9 Å². The first-order valence-corrected chi connectivity index (χ1v) is 5.45. The van der Waals surface area contributed by atoms with Crippen molar-refractivity contribution in [1.82, 2.24) is 5.32 Å². The summed E-state index contributed by atoms with van der Waals surface area (Å²) in [4.78, 5) is 22.4. The predicted octanol–water partition coefficient (Wildman–Crippen LogP) is 2.38. The highest BCUT2D eigenvalue weighted by molar-refractivity contribution is 6.31. The van der Waals surface area contributed by atoms with E-state index in [1.54, 1.807) is 18.2 Å². The molecular weight excluding hydrogens is 258 g/mol. The Kier molecular flexibility index (Phi) is 5.20. The molecule has 1 aromatic carbocycles. The van der Waals surface area contributed by atoms with Crippen molar-refractivity contribution < 1.29 is 19.4 Å². The molecule has 0 aliphatic heterocycles. The number of carboxylic acid groups (broad SMARTS) is 1. The minimum absolute atomic E-state index is 0.000689. The molecule has 2 N–H and O–H groups in total. The van der Waals surface area contributed by atoms with Gasteiger partial charge in [-0.1, -0.05) is 42.5 Å². The Bertz CT molecular complexity index is 461. The van der Waals surface area contributed by atoms with Gasteiger partial charge in [0.15, 0.2) is 6.04 Å². The van der Waals surface area contributed by atoms with E-state index in [1.807, 2.05) is 0 Å². The quantitative estimate of drug-likeness (QED) is 0.805. The monoisotopic (exact) mass is 269 g/mol. The molecule has 0 bridgehead atoms. The van der Waals surface area contributed by atoms with Crippen LogP contribution < -0.4 is 5.32 Å². The average molecular weight is 270 g/mol. The van der Waals surface area contributed by atoms with Crippen LogP contribution in [0.1, 0.15) is 11.6 Å². The largest absolute Gasteiger partial charge is 0.479 e. The molecule has 6 heteroatoms. The number of benzene rings is 1. The number of carbonyl (C=O) groups is 2. The zero-order chi connectivity index (χ0) is 13.5. The Labute approximate surface area is 109 Å². The SMILES string of the molecule is C=CCOC(=O)NC(C(=O)O)c1ccccc1Cl. The summed E-state index contributed by atoms with van der Waals surface area (Å²) in [5, 5.41) is 11.6. The zero-order valence-electron chi connectivity index (χ0n) is 9.43. The van der Waals surface area contributed by atoms with Gasteiger partial charge in [-0.3, -0.25) is 0 Å². The van der Waals surface area contributed by atoms with E-state index in [2.05, 4.69) is 16.6 Å². The molecule has 1 unspecified atom stereocenters. The fourth-order valence-corrected chi connectivity index (χ4v) is 1.52. The Hall–Kier alpha value is -2.01. The molecule has 5 nitrogen and oxygen atoms in total. The molecule has 0 saturated heterocycles. The van der Waals surface area contributed by atoms with E-state index >= 15 is 0 Å². The molecule has 96 valence electrons. The Balaban J connectivity index is 2.84. The number of ether oxygens (including phenoxy) is 1. The standard InChI is InChI=1S/C12H12ClNO4/c1-2-7-18-12(17)14-10(11(15)16)8-5-3-4-6-9(8)13/h2-6,10H,1,7H2,(H,14,17)(H,15,16). The number of nitrogens with one attached hydrogen (secondary N) is 1. The lowest BCUT2D eigenvalue weighted by Gasteiger charge is -2.15. The number of halogens is 1. The molecule has 0 aliphatic rings. The van der Waals surface area contributed by atoms with E-state index in [9.17, 15) is 9.59 Å². The van der Waals surface area contributed by atoms with Crippen LogP contribution in [0, 0.1) is 0 Å². The van der Waals surface area contributed by atoms with Gasteiger partial charge < -0.3 is 15.2 Å². The smallest absolute Gasteiger partial charge is 0.408 e. The summed E-state index contributed by atoms with van der Waals surface area (Å²) >= 11 is 5.88. The van der Waals surface area contributed by atoms with E-state index in [1.165, 1.54) is 12.1 Å². The minimum atomic E-state index is -1.25. The van der Waals surface area contributed by atoms with Crippen molar-refractivity contribution in [3.05, 3.63) is 47.5 Å². The normalized spacial score (nSPS) is 11.4. The van der Waals surface area contributed by atoms with Crippen LogP contribution in [0.5, 0.6) is 0 Å². The van der Waals surface area contributed by atoms with Crippen LogP contribution >= 0.6 is 11.6 Å². The van der Waals surface area contributed by atoms with Crippen molar-refractivity contribution in [2.45, 2.75) is 6.04 Å². The van der Waals surface area contributed by atoms with Gasteiger partial charge >= 0.3 is 12.1 Å². The van der Waals surface area contributed by atoms with Crippen LogP contribution in [-0.4, -0.2) is 23.8 Å². The molecule has 0 aliphatic carbocycles. The van der Waals surface area contributed by atoms with Crippen molar-refractivity contribution in [1.29, 1.82) is 0 Å². The lowest BCUT2D eigenvalue weighted by atomic mass is 10.1. The fourth-order valence-electron chi connectivity index (χ4n) is 1.28. The third-order valence-corrected chi connectivity index (χ3v) is 2.40. The number of carbonyl (C=O) groups excluding carboxylic acids is 1. The van der Waals surface area contributed by atoms with Gasteiger partial charge in [0.25, 0.3) is 0 Å². The number of alkyl carbamates (subject to hydrolysis) is 1. The molecule has 1 amide bonds. The van der Waals surface area contributed by atoms with Crippen molar-refractivity contribution in [2.75, 3.05) is 6.61 Å². The lowest BCUT2D eigenvalue weighted by molar-refractivity contribution is -0.139. The molecule has 1 atom stereocenters. The molecule has 0 spiro atoms. The number of amides is 1. The molecule has 0 fully saturated rings. The topological polar surface area (TPSA) is 75.6 Å². The Morgan fingerprint density at radius 2 is 2.17 bits per heavy atom. The van der Waals surface area contributed by atoms with Crippen molar-refractivity contribution in [2.24, 2.45) is 0 Å². The second kappa shape index (κ2) is 6.66. The van der Waals surface area contributed by atoms with Gasteiger partial charge in [0.05, 0.1) is 0 Å². The van der Waals surface area contributed by atoms with Crippen LogP contribution in [0.25, 0.3) is 0 Å². The van der Waals surface area contributed by atoms with E-state index < -0.39 is 18.1 Å². The van der Waals surface area contributed by atoms with E-state index in [-0.39, 0.29) is 11.6 Å². The number of carboxylic acids is 1. The van der Waals surface area contributed by atoms with Crippen molar-refractivity contribution >= 4 is 23.7 Å². The molecule has 0 heterocycles. The number of hydrogen-bond acceptors (Lipinski definition) is 3. The van der Waals surface area contributed by atoms with Gasteiger partial charge in [-0.15, -0.1) is 0 Å². The summed E-state index contributed by atoms with van der Waals surface area (Å²) in [6, 6.07) is 5.11. The molecule has 18 heavy (non-hydrogen) atoms. The fraction of sp³-hybridized carbons (Fsp3) is 0.167. The van der Waals surface area contributed by atoms with E-state index in [4.69, 9.17) is 16.7 Å². The van der Waals surface area contributed by atoms with Gasteiger partial charge in [-0.05, 0) is 6.07 Å². The highest BCUT2D eigenvalue weighted by Gasteiger charge is 2.24. The van der Waals surface area contributed by atoms with Gasteiger partial charge in [-0.2, -0.15) is 0 Å². The van der Waals surface area contributed by atoms with Crippen molar-refractivity contribution in [3.63, 3.8) is 0 Å².